The Bertz CT molecular complexity index is 520. The van der Waals surface area contributed by atoms with Gasteiger partial charge in [0.2, 0.25) is 0 Å². The lowest BCUT2D eigenvalue weighted by atomic mass is 10.0. The highest BCUT2D eigenvalue weighted by Gasteiger charge is 2.31. The molecule has 0 saturated carbocycles. The Morgan fingerprint density at radius 2 is 1.91 bits per heavy atom. The summed E-state index contributed by atoms with van der Waals surface area (Å²) in [6.07, 6.45) is 5.10. The first-order valence-electron chi connectivity index (χ1n) is 7.89. The normalized spacial score (nSPS) is 12.3. The van der Waals surface area contributed by atoms with Gasteiger partial charge >= 0.3 is 5.97 Å². The second kappa shape index (κ2) is 9.57. The van der Waals surface area contributed by atoms with Gasteiger partial charge in [0.15, 0.2) is 12.2 Å². The first-order valence-corrected chi connectivity index (χ1v) is 9.01. The predicted octanol–water partition coefficient (Wildman–Crippen LogP) is 4.42. The highest BCUT2D eigenvalue weighted by atomic mass is 79.9. The molecule has 126 valence electrons. The van der Waals surface area contributed by atoms with Crippen LogP contribution in [0.5, 0.6) is 0 Å². The van der Waals surface area contributed by atoms with Crippen LogP contribution < -0.4 is 0 Å². The summed E-state index contributed by atoms with van der Waals surface area (Å²) in [4.78, 5) is 14.2. The summed E-state index contributed by atoms with van der Waals surface area (Å²) in [6, 6.07) is 8.65. The maximum absolute atomic E-state index is 12.6. The fraction of sp³-hybridized carbons (Fsp3) is 0.556. The standard InChI is InChI=1S/C18H25BrN2O2/c1-18(2,3)23-17(22)16(15-10-6-4-7-11-15)21(14-20)13-9-5-8-12-19/h4,6-7,10-11,16H,5,8-9,12-13H2,1-3H3. The maximum atomic E-state index is 12.6. The van der Waals surface area contributed by atoms with Crippen LogP contribution in [0.15, 0.2) is 30.3 Å². The number of benzene rings is 1. The molecule has 0 spiro atoms. The first kappa shape index (κ1) is 19.5. The van der Waals surface area contributed by atoms with Gasteiger partial charge in [-0.2, -0.15) is 5.26 Å². The maximum Gasteiger partial charge on any atom is 0.334 e. The molecule has 1 rings (SSSR count). The van der Waals surface area contributed by atoms with Gasteiger partial charge in [-0.15, -0.1) is 0 Å². The Kier molecular flexibility index (Phi) is 8.11. The van der Waals surface area contributed by atoms with Crippen molar-refractivity contribution in [1.82, 2.24) is 4.90 Å². The van der Waals surface area contributed by atoms with Gasteiger partial charge in [-0.05, 0) is 39.2 Å². The van der Waals surface area contributed by atoms with Crippen LogP contribution in [0.2, 0.25) is 0 Å². The van der Waals surface area contributed by atoms with Gasteiger partial charge in [0.1, 0.15) is 5.60 Å². The molecule has 5 heteroatoms. The molecule has 0 aliphatic carbocycles. The van der Waals surface area contributed by atoms with E-state index < -0.39 is 11.6 Å². The van der Waals surface area contributed by atoms with Crippen molar-refractivity contribution in [3.05, 3.63) is 35.9 Å². The Morgan fingerprint density at radius 3 is 2.43 bits per heavy atom. The number of hydrogen-bond donors (Lipinski definition) is 0. The van der Waals surface area contributed by atoms with Crippen LogP contribution in [0.25, 0.3) is 0 Å². The number of carbonyl (C=O) groups is 1. The van der Waals surface area contributed by atoms with Gasteiger partial charge < -0.3 is 4.74 Å². The zero-order valence-electron chi connectivity index (χ0n) is 14.1. The quantitative estimate of drug-likeness (QED) is 0.220. The van der Waals surface area contributed by atoms with Crippen molar-refractivity contribution in [3.63, 3.8) is 0 Å². The summed E-state index contributed by atoms with van der Waals surface area (Å²) < 4.78 is 5.53. The molecule has 0 amide bonds. The van der Waals surface area contributed by atoms with Gasteiger partial charge in [0, 0.05) is 11.9 Å². The van der Waals surface area contributed by atoms with Gasteiger partial charge in [0.05, 0.1) is 0 Å². The van der Waals surface area contributed by atoms with Crippen LogP contribution in [0.4, 0.5) is 0 Å². The van der Waals surface area contributed by atoms with Crippen molar-refractivity contribution in [2.24, 2.45) is 0 Å². The minimum Gasteiger partial charge on any atom is -0.458 e. The second-order valence-electron chi connectivity index (χ2n) is 6.39. The largest absolute Gasteiger partial charge is 0.458 e. The van der Waals surface area contributed by atoms with Crippen LogP contribution in [0.3, 0.4) is 0 Å². The minimum atomic E-state index is -0.690. The molecule has 1 atom stereocenters. The number of unbranched alkanes of at least 4 members (excludes halogenated alkanes) is 2. The zero-order chi connectivity index (χ0) is 17.3. The number of hydrogen-bond acceptors (Lipinski definition) is 4. The molecular formula is C18H25BrN2O2. The van der Waals surface area contributed by atoms with Crippen molar-refractivity contribution >= 4 is 21.9 Å². The van der Waals surface area contributed by atoms with E-state index in [4.69, 9.17) is 4.74 Å². The third-order valence-corrected chi connectivity index (χ3v) is 3.78. The van der Waals surface area contributed by atoms with Crippen molar-refractivity contribution in [2.45, 2.75) is 51.7 Å². The number of nitriles is 1. The SMILES string of the molecule is CC(C)(C)OC(=O)C(c1ccccc1)N(C#N)CCCCCBr. The molecule has 0 aliphatic heterocycles. The van der Waals surface area contributed by atoms with Crippen LogP contribution >= 0.6 is 15.9 Å². The Labute approximate surface area is 147 Å². The van der Waals surface area contributed by atoms with E-state index >= 15 is 0 Å². The summed E-state index contributed by atoms with van der Waals surface area (Å²) in [6.45, 7) is 6.04. The molecule has 0 bridgehead atoms. The van der Waals surface area contributed by atoms with Gasteiger partial charge in [-0.3, -0.25) is 4.90 Å². The highest BCUT2D eigenvalue weighted by molar-refractivity contribution is 9.09. The average Bonchev–Trinajstić information content (AvgIpc) is 2.49. The number of esters is 1. The minimum absolute atomic E-state index is 0.384. The summed E-state index contributed by atoms with van der Waals surface area (Å²) in [5, 5.41) is 10.5. The van der Waals surface area contributed by atoms with E-state index in [9.17, 15) is 10.1 Å². The fourth-order valence-electron chi connectivity index (χ4n) is 2.23. The van der Waals surface area contributed by atoms with Crippen molar-refractivity contribution in [1.29, 1.82) is 5.26 Å². The van der Waals surface area contributed by atoms with Crippen molar-refractivity contribution in [2.75, 3.05) is 11.9 Å². The first-order chi connectivity index (χ1) is 10.9. The molecular weight excluding hydrogens is 356 g/mol. The lowest BCUT2D eigenvalue weighted by Gasteiger charge is -2.29. The van der Waals surface area contributed by atoms with E-state index in [1.807, 2.05) is 51.1 Å². The number of carbonyl (C=O) groups excluding carboxylic acids is 1. The van der Waals surface area contributed by atoms with Crippen molar-refractivity contribution < 1.29 is 9.53 Å². The smallest absolute Gasteiger partial charge is 0.334 e. The molecule has 0 aromatic heterocycles. The molecule has 0 aliphatic rings. The average molecular weight is 381 g/mol. The summed E-state index contributed by atoms with van der Waals surface area (Å²) >= 11 is 3.40. The Balaban J connectivity index is 2.93. The zero-order valence-corrected chi connectivity index (χ0v) is 15.7. The highest BCUT2D eigenvalue weighted by Crippen LogP contribution is 2.25. The third kappa shape index (κ3) is 7.04. The topological polar surface area (TPSA) is 53.3 Å². The van der Waals surface area contributed by atoms with E-state index in [1.54, 1.807) is 0 Å². The fourth-order valence-corrected chi connectivity index (χ4v) is 2.62. The monoisotopic (exact) mass is 380 g/mol. The van der Waals surface area contributed by atoms with Gasteiger partial charge in [-0.1, -0.05) is 52.7 Å². The number of nitrogens with zero attached hydrogens (tertiary/aromatic N) is 2. The Morgan fingerprint density at radius 1 is 1.26 bits per heavy atom. The van der Waals surface area contributed by atoms with E-state index in [-0.39, 0.29) is 5.97 Å². The molecule has 23 heavy (non-hydrogen) atoms. The molecule has 0 radical (unpaired) electrons. The molecule has 0 saturated heterocycles. The van der Waals surface area contributed by atoms with Crippen LogP contribution in [-0.2, 0) is 9.53 Å². The number of ether oxygens (including phenoxy) is 1. The van der Waals surface area contributed by atoms with Crippen LogP contribution in [0.1, 0.15) is 51.6 Å². The molecule has 1 unspecified atom stereocenters. The predicted molar refractivity (Wildman–Crippen MR) is 95.0 cm³/mol. The summed E-state index contributed by atoms with van der Waals surface area (Å²) in [5.74, 6) is -0.384. The van der Waals surface area contributed by atoms with Crippen LogP contribution in [-0.4, -0.2) is 28.3 Å². The van der Waals surface area contributed by atoms with Gasteiger partial charge in [-0.25, -0.2) is 4.79 Å². The van der Waals surface area contributed by atoms with E-state index in [2.05, 4.69) is 22.1 Å². The van der Waals surface area contributed by atoms with Crippen LogP contribution in [0, 0.1) is 11.5 Å². The van der Waals surface area contributed by atoms with E-state index in [0.717, 1.165) is 30.2 Å². The van der Waals surface area contributed by atoms with E-state index in [1.165, 1.54) is 4.90 Å². The molecule has 0 heterocycles. The lowest BCUT2D eigenvalue weighted by Crippen LogP contribution is -2.36. The Hall–Kier alpha value is -1.54. The van der Waals surface area contributed by atoms with Crippen molar-refractivity contribution in [3.8, 4) is 6.19 Å². The van der Waals surface area contributed by atoms with Gasteiger partial charge in [0.25, 0.3) is 0 Å². The molecule has 0 fully saturated rings. The summed E-state index contributed by atoms with van der Waals surface area (Å²) in [5.41, 5.74) is 0.199. The summed E-state index contributed by atoms with van der Waals surface area (Å²) in [7, 11) is 0. The third-order valence-electron chi connectivity index (χ3n) is 3.22. The lowest BCUT2D eigenvalue weighted by molar-refractivity contribution is -0.160. The molecule has 0 N–H and O–H groups in total. The number of halogens is 1. The number of alkyl halides is 1. The number of rotatable bonds is 8. The molecule has 1 aromatic rings. The van der Waals surface area contributed by atoms with E-state index in [0.29, 0.717) is 6.54 Å². The molecule has 1 aromatic carbocycles. The second-order valence-corrected chi connectivity index (χ2v) is 7.18. The molecule has 4 nitrogen and oxygen atoms in total.